The molecular formula is C12H14O5. The molecule has 1 saturated heterocycles. The number of aliphatic hydroxyl groups excluding tert-OH is 4. The van der Waals surface area contributed by atoms with Gasteiger partial charge in [-0.2, -0.15) is 0 Å². The fraction of sp³-hybridized carbons (Fsp3) is 0.333. The van der Waals surface area contributed by atoms with Crippen LogP contribution in [0, 0.1) is 0 Å². The zero-order chi connectivity index (χ0) is 12.4. The molecule has 0 aliphatic carbocycles. The van der Waals surface area contributed by atoms with Gasteiger partial charge in [-0.15, -0.1) is 0 Å². The average Bonchev–Trinajstić information content (AvgIpc) is 2.58. The summed E-state index contributed by atoms with van der Waals surface area (Å²) in [5.74, 6) is -0.237. The van der Waals surface area contributed by atoms with Gasteiger partial charge >= 0.3 is 0 Å². The van der Waals surface area contributed by atoms with Crippen LogP contribution in [-0.2, 0) is 4.74 Å². The highest BCUT2D eigenvalue weighted by atomic mass is 16.6. The van der Waals surface area contributed by atoms with Crippen molar-refractivity contribution in [1.82, 2.24) is 0 Å². The molecule has 2 rings (SSSR count). The second-order valence-electron chi connectivity index (χ2n) is 3.91. The summed E-state index contributed by atoms with van der Waals surface area (Å²) in [5, 5.41) is 37.8. The number of rotatable bonds is 2. The van der Waals surface area contributed by atoms with Crippen LogP contribution in [-0.4, -0.2) is 45.0 Å². The molecule has 92 valence electrons. The lowest BCUT2D eigenvalue weighted by Gasteiger charge is -2.13. The minimum Gasteiger partial charge on any atom is -0.509 e. The summed E-state index contributed by atoms with van der Waals surface area (Å²) in [6.45, 7) is 0. The molecule has 4 atom stereocenters. The van der Waals surface area contributed by atoms with Gasteiger partial charge in [0.25, 0.3) is 0 Å². The molecule has 4 N–H and O–H groups in total. The highest BCUT2D eigenvalue weighted by molar-refractivity contribution is 5.51. The van der Waals surface area contributed by atoms with E-state index >= 15 is 0 Å². The molecule has 1 aliphatic heterocycles. The second-order valence-corrected chi connectivity index (χ2v) is 3.91. The van der Waals surface area contributed by atoms with Crippen molar-refractivity contribution in [1.29, 1.82) is 0 Å². The minimum atomic E-state index is -1.48. The van der Waals surface area contributed by atoms with Gasteiger partial charge in [0.2, 0.25) is 0 Å². The maximum atomic E-state index is 9.76. The van der Waals surface area contributed by atoms with Crippen molar-refractivity contribution < 1.29 is 25.2 Å². The highest BCUT2D eigenvalue weighted by Gasteiger charge is 2.43. The van der Waals surface area contributed by atoms with Gasteiger partial charge in [0, 0.05) is 0 Å². The summed E-state index contributed by atoms with van der Waals surface area (Å²) < 4.78 is 4.86. The predicted molar refractivity (Wildman–Crippen MR) is 59.9 cm³/mol. The van der Waals surface area contributed by atoms with E-state index < -0.39 is 24.6 Å². The van der Waals surface area contributed by atoms with Gasteiger partial charge in [0.1, 0.15) is 24.1 Å². The molecule has 1 aromatic carbocycles. The maximum absolute atomic E-state index is 9.76. The molecular weight excluding hydrogens is 224 g/mol. The highest BCUT2D eigenvalue weighted by Crippen LogP contribution is 2.25. The molecule has 0 radical (unpaired) electrons. The fourth-order valence-corrected chi connectivity index (χ4v) is 1.71. The summed E-state index contributed by atoms with van der Waals surface area (Å²) >= 11 is 0. The third kappa shape index (κ3) is 2.48. The van der Waals surface area contributed by atoms with Crippen LogP contribution in [0.25, 0.3) is 6.08 Å². The van der Waals surface area contributed by atoms with E-state index in [1.165, 1.54) is 6.08 Å². The second kappa shape index (κ2) is 4.85. The summed E-state index contributed by atoms with van der Waals surface area (Å²) in [6, 6.07) is 8.97. The summed E-state index contributed by atoms with van der Waals surface area (Å²) in [6.07, 6.45) is -3.93. The Kier molecular flexibility index (Phi) is 3.44. The van der Waals surface area contributed by atoms with Crippen LogP contribution in [0.1, 0.15) is 5.56 Å². The van der Waals surface area contributed by atoms with Gasteiger partial charge < -0.3 is 25.2 Å². The van der Waals surface area contributed by atoms with Crippen LogP contribution in [0.3, 0.4) is 0 Å². The Balaban J connectivity index is 2.16. The van der Waals surface area contributed by atoms with Gasteiger partial charge in [-0.25, -0.2) is 0 Å². The van der Waals surface area contributed by atoms with E-state index in [0.717, 1.165) is 5.56 Å². The number of hydrogen-bond donors (Lipinski definition) is 4. The van der Waals surface area contributed by atoms with E-state index in [1.807, 2.05) is 6.07 Å². The van der Waals surface area contributed by atoms with E-state index in [4.69, 9.17) is 4.74 Å². The first-order valence-electron chi connectivity index (χ1n) is 5.25. The standard InChI is InChI=1S/C12H14O5/c13-8(6-7-4-2-1-3-5-7)11-9(14)10(15)12(16)17-11/h1-6,9-16H/t9-,10+,11+,12-/m0/s1. The molecule has 0 amide bonds. The van der Waals surface area contributed by atoms with Gasteiger partial charge in [0.15, 0.2) is 6.29 Å². The molecule has 5 heteroatoms. The van der Waals surface area contributed by atoms with E-state index in [2.05, 4.69) is 0 Å². The van der Waals surface area contributed by atoms with Crippen LogP contribution >= 0.6 is 0 Å². The Morgan fingerprint density at radius 2 is 1.71 bits per heavy atom. The lowest BCUT2D eigenvalue weighted by molar-refractivity contribution is -0.125. The first-order chi connectivity index (χ1) is 8.09. The van der Waals surface area contributed by atoms with Crippen molar-refractivity contribution in [3.63, 3.8) is 0 Å². The molecule has 0 saturated carbocycles. The molecule has 1 heterocycles. The Bertz CT molecular complexity index is 403. The van der Waals surface area contributed by atoms with Crippen LogP contribution < -0.4 is 0 Å². The van der Waals surface area contributed by atoms with Gasteiger partial charge in [0.05, 0.1) is 0 Å². The molecule has 17 heavy (non-hydrogen) atoms. The van der Waals surface area contributed by atoms with E-state index in [0.29, 0.717) is 0 Å². The summed E-state index contributed by atoms with van der Waals surface area (Å²) in [4.78, 5) is 0. The summed E-state index contributed by atoms with van der Waals surface area (Å²) in [7, 11) is 0. The topological polar surface area (TPSA) is 90.2 Å². The van der Waals surface area contributed by atoms with E-state index in [1.54, 1.807) is 24.3 Å². The van der Waals surface area contributed by atoms with Gasteiger partial charge in [-0.3, -0.25) is 0 Å². The Morgan fingerprint density at radius 3 is 2.24 bits per heavy atom. The molecule has 1 aliphatic rings. The van der Waals surface area contributed by atoms with E-state index in [9.17, 15) is 20.4 Å². The van der Waals surface area contributed by atoms with Crippen molar-refractivity contribution in [2.45, 2.75) is 24.6 Å². The molecule has 0 aromatic heterocycles. The SMILES string of the molecule is OC(=Cc1ccccc1)[C@H]1O[C@H](O)[C@H](O)[C@@H]1O. The third-order valence-electron chi connectivity index (χ3n) is 2.64. The van der Waals surface area contributed by atoms with Crippen molar-refractivity contribution in [3.8, 4) is 0 Å². The van der Waals surface area contributed by atoms with Crippen LogP contribution in [0.15, 0.2) is 36.1 Å². The zero-order valence-electron chi connectivity index (χ0n) is 8.97. The number of aliphatic hydroxyl groups is 4. The smallest absolute Gasteiger partial charge is 0.184 e. The lowest BCUT2D eigenvalue weighted by atomic mass is 10.1. The molecule has 0 spiro atoms. The molecule has 0 unspecified atom stereocenters. The van der Waals surface area contributed by atoms with Crippen molar-refractivity contribution in [2.75, 3.05) is 0 Å². The normalized spacial score (nSPS) is 33.9. The first-order valence-corrected chi connectivity index (χ1v) is 5.25. The van der Waals surface area contributed by atoms with Crippen LogP contribution in [0.5, 0.6) is 0 Å². The molecule has 0 bridgehead atoms. The first kappa shape index (κ1) is 12.1. The molecule has 1 fully saturated rings. The minimum absolute atomic E-state index is 0.237. The van der Waals surface area contributed by atoms with E-state index in [-0.39, 0.29) is 5.76 Å². The van der Waals surface area contributed by atoms with Crippen molar-refractivity contribution >= 4 is 6.08 Å². The Morgan fingerprint density at radius 1 is 1.06 bits per heavy atom. The van der Waals surface area contributed by atoms with Crippen LogP contribution in [0.2, 0.25) is 0 Å². The Hall–Kier alpha value is -1.40. The third-order valence-corrected chi connectivity index (χ3v) is 2.64. The fourth-order valence-electron chi connectivity index (χ4n) is 1.71. The molecule has 1 aromatic rings. The van der Waals surface area contributed by atoms with Crippen molar-refractivity contribution in [3.05, 3.63) is 41.7 Å². The predicted octanol–water partition coefficient (Wildman–Crippen LogP) is 0.0245. The van der Waals surface area contributed by atoms with Gasteiger partial charge in [-0.1, -0.05) is 30.3 Å². The molecule has 5 nitrogen and oxygen atoms in total. The zero-order valence-corrected chi connectivity index (χ0v) is 8.97. The number of ether oxygens (including phenoxy) is 1. The average molecular weight is 238 g/mol. The largest absolute Gasteiger partial charge is 0.509 e. The number of hydrogen-bond acceptors (Lipinski definition) is 5. The maximum Gasteiger partial charge on any atom is 0.184 e. The van der Waals surface area contributed by atoms with Gasteiger partial charge in [-0.05, 0) is 11.6 Å². The summed E-state index contributed by atoms with van der Waals surface area (Å²) in [5.41, 5.74) is 0.733. The van der Waals surface area contributed by atoms with Crippen molar-refractivity contribution in [2.24, 2.45) is 0 Å². The number of benzene rings is 1. The quantitative estimate of drug-likeness (QED) is 0.545. The Labute approximate surface area is 98.2 Å². The monoisotopic (exact) mass is 238 g/mol. The lowest BCUT2D eigenvalue weighted by Crippen LogP contribution is -2.33. The van der Waals surface area contributed by atoms with Crippen LogP contribution in [0.4, 0.5) is 0 Å².